The van der Waals surface area contributed by atoms with Gasteiger partial charge in [0.15, 0.2) is 15.7 Å². The SMILES string of the molecule is Nc1nnc(-c2ccccc2O)cc1N1CCN(CC(=O)NCCS(=O)(=O)CCNc2cccc3c2C(=O)N(C2CCC(=O)NC2=O)C3=O)CC1. The lowest BCUT2D eigenvalue weighted by Gasteiger charge is -2.36. The minimum atomic E-state index is -3.61. The first-order chi connectivity index (χ1) is 24.4. The molecular formula is C33H37N9O8S. The minimum absolute atomic E-state index is 0.00433. The fourth-order valence-corrected chi connectivity index (χ4v) is 7.35. The number of carbonyl (C=O) groups excluding carboxylic acids is 5. The number of phenols is 1. The van der Waals surface area contributed by atoms with Crippen molar-refractivity contribution in [3.63, 3.8) is 0 Å². The van der Waals surface area contributed by atoms with E-state index < -0.39 is 39.5 Å². The Labute approximate surface area is 293 Å². The molecule has 0 aliphatic carbocycles. The number of amides is 5. The van der Waals surface area contributed by atoms with Crippen molar-refractivity contribution in [2.75, 3.05) is 73.3 Å². The molecule has 2 saturated heterocycles. The van der Waals surface area contributed by atoms with Crippen molar-refractivity contribution in [2.45, 2.75) is 18.9 Å². The van der Waals surface area contributed by atoms with E-state index in [0.717, 1.165) is 4.90 Å². The number of aromatic hydroxyl groups is 1. The highest BCUT2D eigenvalue weighted by atomic mass is 32.2. The van der Waals surface area contributed by atoms with Gasteiger partial charge in [-0.15, -0.1) is 10.2 Å². The number of rotatable bonds is 12. The molecule has 0 spiro atoms. The Hall–Kier alpha value is -5.62. The highest BCUT2D eigenvalue weighted by Crippen LogP contribution is 2.33. The number of aromatic nitrogens is 2. The Morgan fingerprint density at radius 2 is 1.67 bits per heavy atom. The summed E-state index contributed by atoms with van der Waals surface area (Å²) in [5.41, 5.74) is 8.19. The molecule has 17 nitrogen and oxygen atoms in total. The van der Waals surface area contributed by atoms with Crippen LogP contribution in [0.4, 0.5) is 17.2 Å². The Morgan fingerprint density at radius 3 is 2.41 bits per heavy atom. The summed E-state index contributed by atoms with van der Waals surface area (Å²) in [7, 11) is -3.61. The summed E-state index contributed by atoms with van der Waals surface area (Å²) in [6, 6.07) is 12.0. The molecule has 0 bridgehead atoms. The maximum atomic E-state index is 13.2. The first kappa shape index (κ1) is 35.2. The van der Waals surface area contributed by atoms with Gasteiger partial charge in [-0.1, -0.05) is 18.2 Å². The number of hydrogen-bond donors (Lipinski definition) is 5. The number of nitrogens with two attached hydrogens (primary N) is 1. The van der Waals surface area contributed by atoms with Gasteiger partial charge in [0, 0.05) is 56.9 Å². The van der Waals surface area contributed by atoms with Crippen LogP contribution in [0.3, 0.4) is 0 Å². The third-order valence-corrected chi connectivity index (χ3v) is 10.6. The van der Waals surface area contributed by atoms with Crippen molar-refractivity contribution in [3.8, 4) is 17.0 Å². The lowest BCUT2D eigenvalue weighted by Crippen LogP contribution is -2.54. The van der Waals surface area contributed by atoms with Crippen LogP contribution in [0.5, 0.6) is 5.75 Å². The number of anilines is 3. The molecule has 1 atom stereocenters. The number of nitrogen functional groups attached to an aromatic ring is 1. The number of nitrogens with one attached hydrogen (secondary N) is 3. The number of phenolic OH excluding ortho intramolecular Hbond substituents is 1. The van der Waals surface area contributed by atoms with Gasteiger partial charge >= 0.3 is 0 Å². The summed E-state index contributed by atoms with van der Waals surface area (Å²) in [4.78, 5) is 67.6. The number of piperidine rings is 1. The average molecular weight is 720 g/mol. The molecule has 18 heteroatoms. The number of hydrogen-bond acceptors (Lipinski definition) is 14. The van der Waals surface area contributed by atoms with Gasteiger partial charge < -0.3 is 26.4 Å². The molecule has 1 unspecified atom stereocenters. The average Bonchev–Trinajstić information content (AvgIpc) is 3.35. The third kappa shape index (κ3) is 7.76. The summed E-state index contributed by atoms with van der Waals surface area (Å²) in [6.07, 6.45) is 0.0172. The zero-order valence-corrected chi connectivity index (χ0v) is 28.3. The van der Waals surface area contributed by atoms with E-state index >= 15 is 0 Å². The molecule has 1 aromatic heterocycles. The molecular weight excluding hydrogens is 682 g/mol. The van der Waals surface area contributed by atoms with Crippen molar-refractivity contribution < 1.29 is 37.5 Å². The Kier molecular flexibility index (Phi) is 10.1. The second-order valence-electron chi connectivity index (χ2n) is 12.4. The molecule has 3 aromatic rings. The van der Waals surface area contributed by atoms with Gasteiger partial charge in [-0.25, -0.2) is 8.42 Å². The number of sulfone groups is 1. The second-order valence-corrected chi connectivity index (χ2v) is 14.7. The Balaban J connectivity index is 0.940. The van der Waals surface area contributed by atoms with E-state index in [0.29, 0.717) is 43.1 Å². The van der Waals surface area contributed by atoms with E-state index in [-0.39, 0.29) is 78.3 Å². The van der Waals surface area contributed by atoms with Crippen molar-refractivity contribution in [3.05, 3.63) is 59.7 Å². The Bertz CT molecular complexity index is 2000. The molecule has 0 radical (unpaired) electrons. The van der Waals surface area contributed by atoms with Gasteiger partial charge in [0.2, 0.25) is 17.7 Å². The quantitative estimate of drug-likeness (QED) is 0.150. The molecule has 0 saturated carbocycles. The molecule has 3 aliphatic heterocycles. The highest BCUT2D eigenvalue weighted by molar-refractivity contribution is 7.91. The van der Waals surface area contributed by atoms with Gasteiger partial charge in [-0.2, -0.15) is 0 Å². The number of benzene rings is 2. The molecule has 268 valence electrons. The van der Waals surface area contributed by atoms with E-state index in [1.807, 2.05) is 9.80 Å². The first-order valence-electron chi connectivity index (χ1n) is 16.4. The van der Waals surface area contributed by atoms with Crippen molar-refractivity contribution >= 4 is 56.6 Å². The van der Waals surface area contributed by atoms with Crippen LogP contribution in [0.1, 0.15) is 33.6 Å². The molecule has 2 aromatic carbocycles. The van der Waals surface area contributed by atoms with Gasteiger partial charge in [-0.3, -0.25) is 39.1 Å². The lowest BCUT2D eigenvalue weighted by molar-refractivity contribution is -0.136. The second kappa shape index (κ2) is 14.7. The molecule has 2 fully saturated rings. The zero-order valence-electron chi connectivity index (χ0n) is 27.5. The van der Waals surface area contributed by atoms with Crippen LogP contribution in [0.2, 0.25) is 0 Å². The van der Waals surface area contributed by atoms with Crippen molar-refractivity contribution in [1.82, 2.24) is 30.6 Å². The van der Waals surface area contributed by atoms with E-state index in [4.69, 9.17) is 5.73 Å². The molecule has 3 aliphatic rings. The largest absolute Gasteiger partial charge is 0.507 e. The van der Waals surface area contributed by atoms with Gasteiger partial charge in [0.05, 0.1) is 40.6 Å². The van der Waals surface area contributed by atoms with Crippen molar-refractivity contribution in [1.29, 1.82) is 0 Å². The topological polar surface area (TPSA) is 237 Å². The normalized spacial score (nSPS) is 18.1. The highest BCUT2D eigenvalue weighted by Gasteiger charge is 2.45. The standard InChI is InChI=1S/C33H37N9O8S/c34-30-25(18-23(38-39-30)20-4-1-2-7-26(20)43)41-14-12-40(13-15-41)19-28(45)36-11-17-51(49,50)16-10-35-22-6-3-5-21-29(22)33(48)42(32(21)47)24-8-9-27(44)37-31(24)46/h1-7,18,24,35,43H,8-17,19H2,(H2,34,39)(H,36,45)(H,37,44,46). The fourth-order valence-electron chi connectivity index (χ4n) is 6.32. The summed E-state index contributed by atoms with van der Waals surface area (Å²) >= 11 is 0. The predicted octanol–water partition coefficient (Wildman–Crippen LogP) is -0.402. The molecule has 5 amide bonds. The predicted molar refractivity (Wildman–Crippen MR) is 185 cm³/mol. The lowest BCUT2D eigenvalue weighted by atomic mass is 10.0. The molecule has 6 rings (SSSR count). The van der Waals surface area contributed by atoms with Gasteiger partial charge in [0.1, 0.15) is 11.8 Å². The third-order valence-electron chi connectivity index (χ3n) is 8.99. The number of fused-ring (bicyclic) bond motifs is 1. The van der Waals surface area contributed by atoms with Crippen LogP contribution in [0.25, 0.3) is 11.3 Å². The fraction of sp³-hybridized carbons (Fsp3) is 0.364. The monoisotopic (exact) mass is 719 g/mol. The number of imide groups is 2. The van der Waals surface area contributed by atoms with E-state index in [1.165, 1.54) is 6.07 Å². The molecule has 6 N–H and O–H groups in total. The zero-order chi connectivity index (χ0) is 36.3. The van der Waals surface area contributed by atoms with Crippen LogP contribution < -0.4 is 26.6 Å². The molecule has 51 heavy (non-hydrogen) atoms. The minimum Gasteiger partial charge on any atom is -0.507 e. The smallest absolute Gasteiger partial charge is 0.264 e. The number of piperazine rings is 1. The summed E-state index contributed by atoms with van der Waals surface area (Å²) in [5, 5.41) is 26.1. The summed E-state index contributed by atoms with van der Waals surface area (Å²) in [5.74, 6) is -3.13. The maximum Gasteiger partial charge on any atom is 0.264 e. The summed E-state index contributed by atoms with van der Waals surface area (Å²) in [6.45, 7) is 2.16. The van der Waals surface area contributed by atoms with E-state index in [1.54, 1.807) is 42.5 Å². The maximum absolute atomic E-state index is 13.2. The van der Waals surface area contributed by atoms with Crippen LogP contribution in [0, 0.1) is 0 Å². The van der Waals surface area contributed by atoms with Crippen molar-refractivity contribution in [2.24, 2.45) is 0 Å². The van der Waals surface area contributed by atoms with E-state index in [9.17, 15) is 37.5 Å². The summed E-state index contributed by atoms with van der Waals surface area (Å²) < 4.78 is 25.5. The number of nitrogens with zero attached hydrogens (tertiary/aromatic N) is 5. The van der Waals surface area contributed by atoms with Crippen LogP contribution in [-0.2, 0) is 24.2 Å². The van der Waals surface area contributed by atoms with Gasteiger partial charge in [-0.05, 0) is 36.8 Å². The Morgan fingerprint density at radius 1 is 0.941 bits per heavy atom. The van der Waals surface area contributed by atoms with Gasteiger partial charge in [0.25, 0.3) is 11.8 Å². The first-order valence-corrected chi connectivity index (χ1v) is 18.2. The van der Waals surface area contributed by atoms with E-state index in [2.05, 4.69) is 26.1 Å². The number of para-hydroxylation sites is 1. The molecule has 4 heterocycles. The van der Waals surface area contributed by atoms with Crippen LogP contribution in [0.15, 0.2) is 48.5 Å². The van der Waals surface area contributed by atoms with Crippen LogP contribution >= 0.6 is 0 Å². The van der Waals surface area contributed by atoms with Crippen LogP contribution in [-0.4, -0.2) is 126 Å². The number of carbonyl (C=O) groups is 5.